The Morgan fingerprint density at radius 2 is 1.83 bits per heavy atom. The summed E-state index contributed by atoms with van der Waals surface area (Å²) in [5.41, 5.74) is 4.56. The zero-order chi connectivity index (χ0) is 25.2. The van der Waals surface area contributed by atoms with Gasteiger partial charge in [0.15, 0.2) is 11.5 Å². The molecule has 36 heavy (non-hydrogen) atoms. The molecule has 0 atom stereocenters. The van der Waals surface area contributed by atoms with Crippen molar-refractivity contribution in [3.8, 4) is 17.2 Å². The minimum absolute atomic E-state index is 0.105. The molecule has 3 aromatic carbocycles. The summed E-state index contributed by atoms with van der Waals surface area (Å²) in [6.45, 7) is 4.53. The maximum Gasteiger partial charge on any atom is 0.322 e. The van der Waals surface area contributed by atoms with E-state index in [4.69, 9.17) is 14.2 Å². The van der Waals surface area contributed by atoms with Gasteiger partial charge in [0.1, 0.15) is 5.75 Å². The van der Waals surface area contributed by atoms with Crippen LogP contribution in [0.5, 0.6) is 17.2 Å². The number of hydrogen-bond donors (Lipinski definition) is 2. The molecule has 0 unspecified atom stereocenters. The summed E-state index contributed by atoms with van der Waals surface area (Å²) in [5.74, 6) is 1.84. The van der Waals surface area contributed by atoms with Crippen LogP contribution in [0.1, 0.15) is 22.3 Å². The number of nitrogens with zero attached hydrogens (tertiary/aromatic N) is 1. The Kier molecular flexibility index (Phi) is 6.25. The number of urea groups is 1. The van der Waals surface area contributed by atoms with E-state index >= 15 is 0 Å². The first-order valence-electron chi connectivity index (χ1n) is 11.6. The number of para-hydroxylation sites is 2. The molecule has 0 spiro atoms. The van der Waals surface area contributed by atoms with Crippen molar-refractivity contribution in [1.82, 2.24) is 9.88 Å². The fraction of sp³-hybridized carbons (Fsp3) is 0.214. The number of ether oxygens (including phenoxy) is 3. The summed E-state index contributed by atoms with van der Waals surface area (Å²) in [5, 5.41) is 3.87. The lowest BCUT2D eigenvalue weighted by Crippen LogP contribution is -2.35. The minimum Gasteiger partial charge on any atom is -0.495 e. The van der Waals surface area contributed by atoms with Crippen LogP contribution in [0.25, 0.3) is 10.9 Å². The molecule has 0 saturated heterocycles. The molecule has 0 fully saturated rings. The van der Waals surface area contributed by atoms with Gasteiger partial charge in [-0.3, -0.25) is 4.79 Å². The van der Waals surface area contributed by atoms with Gasteiger partial charge >= 0.3 is 6.03 Å². The number of rotatable bonds is 6. The Balaban J connectivity index is 1.49. The molecule has 5 rings (SSSR count). The van der Waals surface area contributed by atoms with Crippen LogP contribution >= 0.6 is 0 Å². The van der Waals surface area contributed by atoms with E-state index in [1.807, 2.05) is 56.3 Å². The van der Waals surface area contributed by atoms with Crippen molar-refractivity contribution in [3.05, 3.63) is 93.3 Å². The molecule has 0 saturated carbocycles. The number of methoxy groups -OCH3 is 1. The number of aromatic amines is 1. The minimum atomic E-state index is -0.364. The van der Waals surface area contributed by atoms with Crippen molar-refractivity contribution in [2.45, 2.75) is 26.9 Å². The molecule has 184 valence electrons. The smallest absolute Gasteiger partial charge is 0.322 e. The maximum absolute atomic E-state index is 13.5. The standard InChI is InChI=1S/C28H27N3O5/c1-17-10-18(2)21-13-20(27(32)29-23(21)11-17)15-31(14-19-8-9-25-26(12-19)36-16-35-25)28(33)30-22-6-4-5-7-24(22)34-3/h4-13H,14-16H2,1-3H3,(H,29,32)(H,30,33). The zero-order valence-corrected chi connectivity index (χ0v) is 20.4. The number of carbonyl (C=O) groups is 1. The van der Waals surface area contributed by atoms with Crippen molar-refractivity contribution in [3.63, 3.8) is 0 Å². The van der Waals surface area contributed by atoms with Crippen LogP contribution < -0.4 is 25.1 Å². The molecule has 2 heterocycles. The molecule has 1 aliphatic rings. The average Bonchev–Trinajstić information content (AvgIpc) is 3.32. The molecule has 8 heteroatoms. The van der Waals surface area contributed by atoms with Crippen LogP contribution in [-0.4, -0.2) is 29.8 Å². The fourth-order valence-electron chi connectivity index (χ4n) is 4.44. The number of fused-ring (bicyclic) bond motifs is 2. The predicted octanol–water partition coefficient (Wildman–Crippen LogP) is 5.12. The number of H-pyrrole nitrogens is 1. The highest BCUT2D eigenvalue weighted by Crippen LogP contribution is 2.33. The Hall–Kier alpha value is -4.46. The van der Waals surface area contributed by atoms with Gasteiger partial charge in [-0.15, -0.1) is 0 Å². The monoisotopic (exact) mass is 485 g/mol. The lowest BCUT2D eigenvalue weighted by Gasteiger charge is -2.24. The lowest BCUT2D eigenvalue weighted by atomic mass is 10.0. The first kappa shape index (κ1) is 23.3. The predicted molar refractivity (Wildman–Crippen MR) is 138 cm³/mol. The summed E-state index contributed by atoms with van der Waals surface area (Å²) < 4.78 is 16.3. The summed E-state index contributed by atoms with van der Waals surface area (Å²) in [7, 11) is 1.55. The Morgan fingerprint density at radius 3 is 2.67 bits per heavy atom. The number of aromatic nitrogens is 1. The summed E-state index contributed by atoms with van der Waals surface area (Å²) in [6.07, 6.45) is 0. The molecule has 0 bridgehead atoms. The third kappa shape index (κ3) is 4.70. The van der Waals surface area contributed by atoms with Gasteiger partial charge in [-0.25, -0.2) is 4.79 Å². The largest absolute Gasteiger partial charge is 0.495 e. The molecular weight excluding hydrogens is 458 g/mol. The van der Waals surface area contributed by atoms with Gasteiger partial charge < -0.3 is 29.4 Å². The number of aryl methyl sites for hydroxylation is 2. The molecule has 2 N–H and O–H groups in total. The van der Waals surface area contributed by atoms with Crippen LogP contribution in [0.3, 0.4) is 0 Å². The second-order valence-electron chi connectivity index (χ2n) is 8.84. The summed E-state index contributed by atoms with van der Waals surface area (Å²) >= 11 is 0. The van der Waals surface area contributed by atoms with Gasteiger partial charge in [-0.1, -0.05) is 24.3 Å². The number of pyridine rings is 1. The van der Waals surface area contributed by atoms with Gasteiger partial charge in [0, 0.05) is 23.0 Å². The second kappa shape index (κ2) is 9.65. The fourth-order valence-corrected chi connectivity index (χ4v) is 4.44. The Bertz CT molecular complexity index is 1510. The summed E-state index contributed by atoms with van der Waals surface area (Å²) in [6, 6.07) is 18.3. The first-order valence-corrected chi connectivity index (χ1v) is 11.6. The third-order valence-corrected chi connectivity index (χ3v) is 6.20. The van der Waals surface area contributed by atoms with Crippen molar-refractivity contribution < 1.29 is 19.0 Å². The van der Waals surface area contributed by atoms with Crippen LogP contribution in [0.4, 0.5) is 10.5 Å². The van der Waals surface area contributed by atoms with Crippen molar-refractivity contribution >= 4 is 22.6 Å². The molecule has 1 aromatic heterocycles. The molecule has 0 aliphatic carbocycles. The van der Waals surface area contributed by atoms with E-state index < -0.39 is 0 Å². The molecule has 1 aliphatic heterocycles. The first-order chi connectivity index (χ1) is 17.4. The molecule has 4 aromatic rings. The molecular formula is C28H27N3O5. The van der Waals surface area contributed by atoms with Gasteiger partial charge in [-0.2, -0.15) is 0 Å². The molecule has 2 amide bonds. The van der Waals surface area contributed by atoms with Crippen LogP contribution in [0.2, 0.25) is 0 Å². The Labute approximate surface area is 208 Å². The number of amides is 2. The quantitative estimate of drug-likeness (QED) is 0.396. The SMILES string of the molecule is COc1ccccc1NC(=O)N(Cc1ccc2c(c1)OCO2)Cc1cc2c(C)cc(C)cc2[nH]c1=O. The van der Waals surface area contributed by atoms with E-state index in [0.29, 0.717) is 28.5 Å². The van der Waals surface area contributed by atoms with E-state index in [0.717, 1.165) is 27.6 Å². The zero-order valence-electron chi connectivity index (χ0n) is 20.4. The highest BCUT2D eigenvalue weighted by atomic mass is 16.7. The van der Waals surface area contributed by atoms with E-state index in [1.54, 1.807) is 24.1 Å². The van der Waals surface area contributed by atoms with Crippen molar-refractivity contribution in [2.24, 2.45) is 0 Å². The lowest BCUT2D eigenvalue weighted by molar-refractivity contribution is 0.174. The highest BCUT2D eigenvalue weighted by molar-refractivity contribution is 5.91. The van der Waals surface area contributed by atoms with Crippen molar-refractivity contribution in [1.29, 1.82) is 0 Å². The topological polar surface area (TPSA) is 92.9 Å². The van der Waals surface area contributed by atoms with Crippen molar-refractivity contribution in [2.75, 3.05) is 19.2 Å². The Morgan fingerprint density at radius 1 is 1.03 bits per heavy atom. The molecule has 0 radical (unpaired) electrons. The number of benzene rings is 3. The van der Waals surface area contributed by atoms with E-state index in [2.05, 4.69) is 16.4 Å². The number of carbonyl (C=O) groups excluding carboxylic acids is 1. The summed E-state index contributed by atoms with van der Waals surface area (Å²) in [4.78, 5) is 31.1. The number of nitrogens with one attached hydrogen (secondary N) is 2. The van der Waals surface area contributed by atoms with Gasteiger partial charge in [0.05, 0.1) is 19.3 Å². The van der Waals surface area contributed by atoms with Crippen LogP contribution in [0, 0.1) is 13.8 Å². The third-order valence-electron chi connectivity index (χ3n) is 6.20. The second-order valence-corrected chi connectivity index (χ2v) is 8.84. The van der Waals surface area contributed by atoms with Gasteiger partial charge in [-0.05, 0) is 66.9 Å². The average molecular weight is 486 g/mol. The van der Waals surface area contributed by atoms with Crippen LogP contribution in [0.15, 0.2) is 65.5 Å². The van der Waals surface area contributed by atoms with Crippen LogP contribution in [-0.2, 0) is 13.1 Å². The molecule has 8 nitrogen and oxygen atoms in total. The maximum atomic E-state index is 13.5. The van der Waals surface area contributed by atoms with E-state index in [-0.39, 0.29) is 31.5 Å². The highest BCUT2D eigenvalue weighted by Gasteiger charge is 2.21. The number of hydrogen-bond acceptors (Lipinski definition) is 5. The normalized spacial score (nSPS) is 12.0. The van der Waals surface area contributed by atoms with E-state index in [1.165, 1.54) is 0 Å². The van der Waals surface area contributed by atoms with Gasteiger partial charge in [0.2, 0.25) is 6.79 Å². The van der Waals surface area contributed by atoms with E-state index in [9.17, 15) is 9.59 Å². The van der Waals surface area contributed by atoms with Gasteiger partial charge in [0.25, 0.3) is 5.56 Å². The number of anilines is 1.